The lowest BCUT2D eigenvalue weighted by molar-refractivity contribution is 0.0994. The molecule has 6 heteroatoms. The van der Waals surface area contributed by atoms with E-state index in [2.05, 4.69) is 0 Å². The maximum absolute atomic E-state index is 13.7. The highest BCUT2D eigenvalue weighted by Crippen LogP contribution is 2.34. The van der Waals surface area contributed by atoms with Crippen LogP contribution in [0.2, 0.25) is 0 Å². The van der Waals surface area contributed by atoms with Crippen LogP contribution in [0, 0.1) is 5.82 Å². The van der Waals surface area contributed by atoms with Crippen LogP contribution in [0.1, 0.15) is 15.9 Å². The molecule has 0 saturated heterocycles. The van der Waals surface area contributed by atoms with Crippen molar-refractivity contribution in [3.63, 3.8) is 0 Å². The topological polar surface area (TPSA) is 81.8 Å². The van der Waals surface area contributed by atoms with Crippen LogP contribution in [-0.4, -0.2) is 18.1 Å². The summed E-state index contributed by atoms with van der Waals surface area (Å²) in [5.41, 5.74) is 5.47. The zero-order valence-electron chi connectivity index (χ0n) is 11.3. The van der Waals surface area contributed by atoms with Gasteiger partial charge in [-0.1, -0.05) is 12.1 Å². The number of nitrogens with two attached hydrogens (primary N) is 1. The van der Waals surface area contributed by atoms with Gasteiger partial charge in [-0.2, -0.15) is 0 Å². The lowest BCUT2D eigenvalue weighted by Gasteiger charge is -2.13. The second kappa shape index (κ2) is 6.23. The first-order valence-electron chi connectivity index (χ1n) is 6.10. The SMILES string of the molecule is COc1cc(CO)ccc1Oc1cccc(F)c1C(N)=O. The van der Waals surface area contributed by atoms with E-state index >= 15 is 0 Å². The molecule has 0 aromatic heterocycles. The molecular formula is C15H14FNO4. The van der Waals surface area contributed by atoms with Gasteiger partial charge in [0.15, 0.2) is 11.5 Å². The predicted molar refractivity (Wildman–Crippen MR) is 73.9 cm³/mol. The molecule has 0 aliphatic rings. The van der Waals surface area contributed by atoms with E-state index in [0.717, 1.165) is 6.07 Å². The molecule has 5 nitrogen and oxygen atoms in total. The van der Waals surface area contributed by atoms with Gasteiger partial charge in [0.2, 0.25) is 0 Å². The number of rotatable bonds is 5. The normalized spacial score (nSPS) is 10.2. The van der Waals surface area contributed by atoms with E-state index in [-0.39, 0.29) is 23.7 Å². The van der Waals surface area contributed by atoms with Gasteiger partial charge in [0.05, 0.1) is 13.7 Å². The molecule has 0 aliphatic heterocycles. The molecule has 2 aromatic carbocycles. The second-order valence-corrected chi connectivity index (χ2v) is 4.22. The average molecular weight is 291 g/mol. The van der Waals surface area contributed by atoms with Gasteiger partial charge in [-0.05, 0) is 29.8 Å². The highest BCUT2D eigenvalue weighted by molar-refractivity contribution is 5.96. The third-order valence-corrected chi connectivity index (χ3v) is 2.85. The Morgan fingerprint density at radius 1 is 1.24 bits per heavy atom. The summed E-state index contributed by atoms with van der Waals surface area (Å²) in [7, 11) is 1.43. The largest absolute Gasteiger partial charge is 0.493 e. The van der Waals surface area contributed by atoms with Gasteiger partial charge in [-0.3, -0.25) is 4.79 Å². The molecule has 2 aromatic rings. The van der Waals surface area contributed by atoms with Gasteiger partial charge in [-0.15, -0.1) is 0 Å². The van der Waals surface area contributed by atoms with Crippen LogP contribution in [0.25, 0.3) is 0 Å². The number of carbonyl (C=O) groups is 1. The Hall–Kier alpha value is -2.60. The highest BCUT2D eigenvalue weighted by Gasteiger charge is 2.17. The van der Waals surface area contributed by atoms with Crippen molar-refractivity contribution in [2.24, 2.45) is 5.73 Å². The van der Waals surface area contributed by atoms with Gasteiger partial charge >= 0.3 is 0 Å². The molecule has 0 radical (unpaired) electrons. The van der Waals surface area contributed by atoms with E-state index in [9.17, 15) is 9.18 Å². The van der Waals surface area contributed by atoms with Crippen LogP contribution in [0.15, 0.2) is 36.4 Å². The summed E-state index contributed by atoms with van der Waals surface area (Å²) in [5, 5.41) is 9.08. The van der Waals surface area contributed by atoms with Crippen molar-refractivity contribution in [2.75, 3.05) is 7.11 Å². The summed E-state index contributed by atoms with van der Waals surface area (Å²) in [6.07, 6.45) is 0. The Labute approximate surface area is 120 Å². The second-order valence-electron chi connectivity index (χ2n) is 4.22. The van der Waals surface area contributed by atoms with Crippen molar-refractivity contribution in [3.8, 4) is 17.2 Å². The molecule has 21 heavy (non-hydrogen) atoms. The molecule has 0 saturated carbocycles. The maximum Gasteiger partial charge on any atom is 0.255 e. The molecule has 0 spiro atoms. The van der Waals surface area contributed by atoms with E-state index in [1.807, 2.05) is 0 Å². The van der Waals surface area contributed by atoms with Gasteiger partial charge < -0.3 is 20.3 Å². The first-order chi connectivity index (χ1) is 10.1. The summed E-state index contributed by atoms with van der Waals surface area (Å²) < 4.78 is 24.3. The van der Waals surface area contributed by atoms with Crippen LogP contribution in [-0.2, 0) is 6.61 Å². The van der Waals surface area contributed by atoms with Gasteiger partial charge in [0.25, 0.3) is 5.91 Å². The molecule has 0 fully saturated rings. The van der Waals surface area contributed by atoms with E-state index < -0.39 is 11.7 Å². The first kappa shape index (κ1) is 14.8. The average Bonchev–Trinajstić information content (AvgIpc) is 2.47. The molecule has 0 atom stereocenters. The highest BCUT2D eigenvalue weighted by atomic mass is 19.1. The third-order valence-electron chi connectivity index (χ3n) is 2.85. The summed E-state index contributed by atoms with van der Waals surface area (Å²) in [6.45, 7) is -0.150. The Balaban J connectivity index is 2.43. The number of ether oxygens (including phenoxy) is 2. The number of amides is 1. The number of primary amides is 1. The molecule has 0 aliphatic carbocycles. The number of methoxy groups -OCH3 is 1. The van der Waals surface area contributed by atoms with Crippen LogP contribution in [0.4, 0.5) is 4.39 Å². The van der Waals surface area contributed by atoms with Crippen molar-refractivity contribution in [1.29, 1.82) is 0 Å². The molecule has 1 amide bonds. The van der Waals surface area contributed by atoms with E-state index in [1.165, 1.54) is 19.2 Å². The lowest BCUT2D eigenvalue weighted by atomic mass is 10.1. The maximum atomic E-state index is 13.7. The van der Waals surface area contributed by atoms with Crippen molar-refractivity contribution in [3.05, 3.63) is 53.3 Å². The third kappa shape index (κ3) is 3.11. The zero-order chi connectivity index (χ0) is 15.4. The van der Waals surface area contributed by atoms with Crippen molar-refractivity contribution in [1.82, 2.24) is 0 Å². The number of aliphatic hydroxyl groups is 1. The Kier molecular flexibility index (Phi) is 4.39. The Morgan fingerprint density at radius 3 is 2.62 bits per heavy atom. The van der Waals surface area contributed by atoms with Crippen LogP contribution in [0.3, 0.4) is 0 Å². The molecular weight excluding hydrogens is 277 g/mol. The smallest absolute Gasteiger partial charge is 0.255 e. The van der Waals surface area contributed by atoms with Crippen molar-refractivity contribution in [2.45, 2.75) is 6.61 Å². The number of halogens is 1. The molecule has 110 valence electrons. The Morgan fingerprint density at radius 2 is 2.00 bits per heavy atom. The molecule has 0 unspecified atom stereocenters. The number of benzene rings is 2. The molecule has 2 rings (SSSR count). The number of aliphatic hydroxyl groups excluding tert-OH is 1. The number of hydrogen-bond acceptors (Lipinski definition) is 4. The zero-order valence-corrected chi connectivity index (χ0v) is 11.3. The molecule has 0 bridgehead atoms. The van der Waals surface area contributed by atoms with Crippen LogP contribution < -0.4 is 15.2 Å². The Bertz CT molecular complexity index is 673. The first-order valence-corrected chi connectivity index (χ1v) is 6.10. The van der Waals surface area contributed by atoms with Gasteiger partial charge in [0, 0.05) is 0 Å². The lowest BCUT2D eigenvalue weighted by Crippen LogP contribution is -2.14. The van der Waals surface area contributed by atoms with Crippen molar-refractivity contribution < 1.29 is 23.8 Å². The summed E-state index contributed by atoms with van der Waals surface area (Å²) in [4.78, 5) is 11.3. The van der Waals surface area contributed by atoms with Crippen molar-refractivity contribution >= 4 is 5.91 Å². The summed E-state index contributed by atoms with van der Waals surface area (Å²) in [5.74, 6) is -1.05. The predicted octanol–water partition coefficient (Wildman–Crippen LogP) is 2.22. The minimum absolute atomic E-state index is 0.00227. The van der Waals surface area contributed by atoms with Crippen LogP contribution in [0.5, 0.6) is 17.2 Å². The van der Waals surface area contributed by atoms with E-state index in [4.69, 9.17) is 20.3 Å². The van der Waals surface area contributed by atoms with Gasteiger partial charge in [0.1, 0.15) is 17.1 Å². The van der Waals surface area contributed by atoms with Crippen LogP contribution >= 0.6 is 0 Å². The fourth-order valence-corrected chi connectivity index (χ4v) is 1.84. The fraction of sp³-hybridized carbons (Fsp3) is 0.133. The quantitative estimate of drug-likeness (QED) is 0.885. The molecule has 3 N–H and O–H groups in total. The fourth-order valence-electron chi connectivity index (χ4n) is 1.84. The van der Waals surface area contributed by atoms with Gasteiger partial charge in [-0.25, -0.2) is 4.39 Å². The van der Waals surface area contributed by atoms with E-state index in [0.29, 0.717) is 11.3 Å². The number of hydrogen-bond donors (Lipinski definition) is 2. The minimum atomic E-state index is -0.922. The number of carbonyl (C=O) groups excluding carboxylic acids is 1. The summed E-state index contributed by atoms with van der Waals surface area (Å²) in [6, 6.07) is 8.73. The molecule has 0 heterocycles. The standard InChI is InChI=1S/C15H14FNO4/c1-20-13-7-9(8-18)5-6-11(13)21-12-4-2-3-10(16)14(12)15(17)19/h2-7,18H,8H2,1H3,(H2,17,19). The minimum Gasteiger partial charge on any atom is -0.493 e. The monoisotopic (exact) mass is 291 g/mol. The summed E-state index contributed by atoms with van der Waals surface area (Å²) >= 11 is 0. The van der Waals surface area contributed by atoms with E-state index in [1.54, 1.807) is 18.2 Å².